The van der Waals surface area contributed by atoms with Gasteiger partial charge in [-0.1, -0.05) is 49.7 Å². The highest BCUT2D eigenvalue weighted by molar-refractivity contribution is 6.31. The second kappa shape index (κ2) is 8.41. The third-order valence-electron chi connectivity index (χ3n) is 7.60. The maximum absolute atomic E-state index is 13.8. The van der Waals surface area contributed by atoms with Gasteiger partial charge in [-0.3, -0.25) is 9.59 Å². The van der Waals surface area contributed by atoms with Gasteiger partial charge in [0.15, 0.2) is 0 Å². The van der Waals surface area contributed by atoms with Crippen LogP contribution in [0.1, 0.15) is 55.1 Å². The molecule has 2 fully saturated rings. The van der Waals surface area contributed by atoms with Gasteiger partial charge in [-0.05, 0) is 55.0 Å². The first kappa shape index (κ1) is 22.9. The van der Waals surface area contributed by atoms with E-state index in [-0.39, 0.29) is 41.9 Å². The summed E-state index contributed by atoms with van der Waals surface area (Å²) in [5.74, 6) is 0.358. The summed E-state index contributed by atoms with van der Waals surface area (Å²) in [5.41, 5.74) is 3.11. The lowest BCUT2D eigenvalue weighted by molar-refractivity contribution is -0.131. The number of nitrogens with zero attached hydrogens (tertiary/aromatic N) is 3. The monoisotopic (exact) mass is 476 g/mol. The number of carbonyl (C=O) groups excluding carboxylic acids is 2. The smallest absolute Gasteiger partial charge is 0.258 e. The number of benzene rings is 2. The van der Waals surface area contributed by atoms with Crippen LogP contribution >= 0.6 is 11.6 Å². The molecule has 176 valence electrons. The van der Waals surface area contributed by atoms with Gasteiger partial charge >= 0.3 is 0 Å². The molecular weight excluding hydrogens is 448 g/mol. The van der Waals surface area contributed by atoms with Crippen molar-refractivity contribution in [2.75, 3.05) is 18.0 Å². The van der Waals surface area contributed by atoms with E-state index in [9.17, 15) is 14.9 Å². The Morgan fingerprint density at radius 2 is 2.00 bits per heavy atom. The highest BCUT2D eigenvalue weighted by Gasteiger charge is 2.53. The molecule has 0 aromatic heterocycles. The number of fused-ring (bicyclic) bond motifs is 3. The lowest BCUT2D eigenvalue weighted by atomic mass is 9.76. The van der Waals surface area contributed by atoms with Crippen molar-refractivity contribution in [2.24, 2.45) is 5.92 Å². The van der Waals surface area contributed by atoms with Crippen LogP contribution in [0.15, 0.2) is 42.5 Å². The Morgan fingerprint density at radius 3 is 2.76 bits per heavy atom. The highest BCUT2D eigenvalue weighted by Crippen LogP contribution is 2.47. The lowest BCUT2D eigenvalue weighted by Crippen LogP contribution is -2.48. The summed E-state index contributed by atoms with van der Waals surface area (Å²) in [7, 11) is 0. The van der Waals surface area contributed by atoms with Gasteiger partial charge in [0.1, 0.15) is 6.04 Å². The second-order valence-electron chi connectivity index (χ2n) is 10.3. The average Bonchev–Trinajstić information content (AvgIpc) is 3.50. The van der Waals surface area contributed by atoms with Crippen molar-refractivity contribution in [2.45, 2.75) is 57.2 Å². The fourth-order valence-corrected chi connectivity index (χ4v) is 5.85. The van der Waals surface area contributed by atoms with Crippen molar-refractivity contribution < 1.29 is 9.59 Å². The van der Waals surface area contributed by atoms with E-state index in [1.54, 1.807) is 15.9 Å². The van der Waals surface area contributed by atoms with Crippen molar-refractivity contribution in [1.29, 1.82) is 5.26 Å². The number of carbonyl (C=O) groups is 2. The molecule has 1 N–H and O–H groups in total. The molecule has 2 aliphatic heterocycles. The molecule has 6 nitrogen and oxygen atoms in total. The molecule has 1 unspecified atom stereocenters. The van der Waals surface area contributed by atoms with Crippen LogP contribution in [0.25, 0.3) is 0 Å². The molecule has 2 aromatic carbocycles. The van der Waals surface area contributed by atoms with Gasteiger partial charge in [0.25, 0.3) is 5.91 Å². The van der Waals surface area contributed by atoms with E-state index in [2.05, 4.69) is 31.3 Å². The summed E-state index contributed by atoms with van der Waals surface area (Å²) < 4.78 is 0. The molecule has 0 radical (unpaired) electrons. The SMILES string of the molecule is C[C@@H](CN1C(=O)c2cc(Cl)ccc2C(C)(C)c2ccccc21)NCC(=O)N1C(C#N)C[C@@H]2C[C@@H]21. The van der Waals surface area contributed by atoms with Crippen molar-refractivity contribution in [3.63, 3.8) is 0 Å². The van der Waals surface area contributed by atoms with E-state index < -0.39 is 0 Å². The number of anilines is 1. The average molecular weight is 477 g/mol. The molecule has 3 aliphatic rings. The molecule has 34 heavy (non-hydrogen) atoms. The zero-order chi connectivity index (χ0) is 24.2. The third-order valence-corrected chi connectivity index (χ3v) is 7.83. The second-order valence-corrected chi connectivity index (χ2v) is 10.7. The molecule has 1 saturated carbocycles. The van der Waals surface area contributed by atoms with E-state index in [1.807, 2.05) is 37.3 Å². The molecule has 1 saturated heterocycles. The number of amides is 2. The summed E-state index contributed by atoms with van der Waals surface area (Å²) in [6.45, 7) is 6.79. The minimum atomic E-state index is -0.379. The summed E-state index contributed by atoms with van der Waals surface area (Å²) in [6.07, 6.45) is 1.80. The summed E-state index contributed by atoms with van der Waals surface area (Å²) in [5, 5.41) is 13.2. The van der Waals surface area contributed by atoms with Crippen LogP contribution in [0.5, 0.6) is 0 Å². The van der Waals surface area contributed by atoms with Crippen molar-refractivity contribution in [3.8, 4) is 6.07 Å². The minimum Gasteiger partial charge on any atom is -0.322 e. The molecular formula is C27H29ClN4O2. The zero-order valence-electron chi connectivity index (χ0n) is 19.7. The largest absolute Gasteiger partial charge is 0.322 e. The van der Waals surface area contributed by atoms with E-state index in [4.69, 9.17) is 11.6 Å². The van der Waals surface area contributed by atoms with Crippen LogP contribution in [0.4, 0.5) is 5.69 Å². The van der Waals surface area contributed by atoms with Crippen LogP contribution < -0.4 is 10.2 Å². The summed E-state index contributed by atoms with van der Waals surface area (Å²) >= 11 is 6.29. The number of halogens is 1. The summed E-state index contributed by atoms with van der Waals surface area (Å²) in [6, 6.07) is 15.6. The number of hydrogen-bond acceptors (Lipinski definition) is 4. The van der Waals surface area contributed by atoms with Crippen LogP contribution in [-0.2, 0) is 10.2 Å². The van der Waals surface area contributed by atoms with Gasteiger partial charge < -0.3 is 15.1 Å². The maximum atomic E-state index is 13.8. The van der Waals surface area contributed by atoms with E-state index >= 15 is 0 Å². The van der Waals surface area contributed by atoms with E-state index in [0.717, 1.165) is 29.7 Å². The van der Waals surface area contributed by atoms with Crippen molar-refractivity contribution in [3.05, 3.63) is 64.2 Å². The number of nitriles is 1. The minimum absolute atomic E-state index is 0.0377. The Morgan fingerprint density at radius 1 is 1.24 bits per heavy atom. The van der Waals surface area contributed by atoms with Crippen LogP contribution in [0.2, 0.25) is 5.02 Å². The molecule has 0 bridgehead atoms. The number of nitrogens with one attached hydrogen (secondary N) is 1. The van der Waals surface area contributed by atoms with Gasteiger partial charge in [0.05, 0.1) is 12.6 Å². The first-order chi connectivity index (χ1) is 16.2. The summed E-state index contributed by atoms with van der Waals surface area (Å²) in [4.78, 5) is 30.2. The fraction of sp³-hybridized carbons (Fsp3) is 0.444. The first-order valence-electron chi connectivity index (χ1n) is 11.9. The van der Waals surface area contributed by atoms with Gasteiger partial charge in [-0.15, -0.1) is 0 Å². The fourth-order valence-electron chi connectivity index (χ4n) is 5.68. The van der Waals surface area contributed by atoms with Crippen LogP contribution in [-0.4, -0.2) is 47.9 Å². The topological polar surface area (TPSA) is 76.4 Å². The van der Waals surface area contributed by atoms with Crippen molar-refractivity contribution in [1.82, 2.24) is 10.2 Å². The Labute approximate surface area is 205 Å². The molecule has 2 aromatic rings. The number of piperidine rings is 1. The normalized spacial score (nSPS) is 25.0. The molecule has 7 heteroatoms. The highest BCUT2D eigenvalue weighted by atomic mass is 35.5. The third kappa shape index (κ3) is 3.77. The predicted molar refractivity (Wildman–Crippen MR) is 132 cm³/mol. The van der Waals surface area contributed by atoms with E-state index in [0.29, 0.717) is 23.0 Å². The zero-order valence-corrected chi connectivity index (χ0v) is 20.5. The molecule has 2 heterocycles. The Bertz CT molecular complexity index is 1200. The van der Waals surface area contributed by atoms with E-state index in [1.165, 1.54) is 0 Å². The maximum Gasteiger partial charge on any atom is 0.258 e. The number of hydrogen-bond donors (Lipinski definition) is 1. The molecule has 5 rings (SSSR count). The number of likely N-dealkylation sites (tertiary alicyclic amines) is 1. The predicted octanol–water partition coefficient (Wildman–Crippen LogP) is 4.12. The quantitative estimate of drug-likeness (QED) is 0.704. The van der Waals surface area contributed by atoms with Gasteiger partial charge in [0.2, 0.25) is 5.91 Å². The molecule has 1 aliphatic carbocycles. The standard InChI is InChI=1S/C27H29ClN4O2/c1-16(30-14-25(33)32-19(13-29)10-17-11-24(17)32)15-31-23-7-5-4-6-22(23)27(2,3)21-9-8-18(28)12-20(21)26(31)34/h4-9,12,16-17,19,24,30H,10-11,14-15H2,1-3H3/t16-,17+,19?,24-/m0/s1. The Kier molecular flexibility index (Phi) is 5.66. The van der Waals surface area contributed by atoms with Crippen LogP contribution in [0, 0.1) is 17.2 Å². The van der Waals surface area contributed by atoms with Crippen LogP contribution in [0.3, 0.4) is 0 Å². The Balaban J connectivity index is 1.38. The van der Waals surface area contributed by atoms with Gasteiger partial charge in [-0.2, -0.15) is 5.26 Å². The molecule has 0 spiro atoms. The molecule has 4 atom stereocenters. The van der Waals surface area contributed by atoms with Gasteiger partial charge in [0, 0.05) is 40.3 Å². The Hall–Kier alpha value is -2.88. The van der Waals surface area contributed by atoms with Crippen molar-refractivity contribution >= 4 is 29.1 Å². The first-order valence-corrected chi connectivity index (χ1v) is 12.3. The van der Waals surface area contributed by atoms with Gasteiger partial charge in [-0.25, -0.2) is 0 Å². The molecule has 2 amide bonds. The lowest BCUT2D eigenvalue weighted by Gasteiger charge is -2.30. The number of para-hydroxylation sites is 1. The number of rotatable bonds is 5.